The van der Waals surface area contributed by atoms with Gasteiger partial charge in [0.05, 0.1) is 19.4 Å². The van der Waals surface area contributed by atoms with Crippen LogP contribution < -0.4 is 14.7 Å². The monoisotopic (exact) mass is 344 g/mol. The highest BCUT2D eigenvalue weighted by atomic mass is 19.1. The number of benzene rings is 1. The number of piperazine rings is 1. The quantitative estimate of drug-likeness (QED) is 0.828. The van der Waals surface area contributed by atoms with Crippen LogP contribution in [0, 0.1) is 5.82 Å². The van der Waals surface area contributed by atoms with Crippen LogP contribution in [0.5, 0.6) is 0 Å². The Morgan fingerprint density at radius 2 is 1.52 bits per heavy atom. The molecule has 0 atom stereocenters. The third-order valence-corrected chi connectivity index (χ3v) is 4.62. The molecule has 3 heterocycles. The van der Waals surface area contributed by atoms with Crippen molar-refractivity contribution in [1.82, 2.24) is 15.2 Å². The number of hydrogen-bond acceptors (Lipinski definition) is 7. The summed E-state index contributed by atoms with van der Waals surface area (Å²) in [5.41, 5.74) is 1.04. The summed E-state index contributed by atoms with van der Waals surface area (Å²) in [5, 5.41) is 8.34. The molecule has 132 valence electrons. The van der Waals surface area contributed by atoms with Gasteiger partial charge in [-0.25, -0.2) is 4.39 Å². The summed E-state index contributed by atoms with van der Waals surface area (Å²) in [6, 6.07) is 6.64. The molecule has 1 aromatic carbocycles. The van der Waals surface area contributed by atoms with Crippen molar-refractivity contribution in [3.8, 4) is 0 Å². The van der Waals surface area contributed by atoms with Crippen molar-refractivity contribution in [3.05, 3.63) is 36.3 Å². The average molecular weight is 344 g/mol. The molecular formula is C17H21FN6O. The van der Waals surface area contributed by atoms with Crippen LogP contribution in [-0.2, 0) is 4.74 Å². The lowest BCUT2D eigenvalue weighted by atomic mass is 10.2. The Labute approximate surface area is 146 Å². The van der Waals surface area contributed by atoms with E-state index in [0.717, 1.165) is 64.0 Å². The van der Waals surface area contributed by atoms with E-state index in [9.17, 15) is 4.39 Å². The smallest absolute Gasteiger partial charge is 0.247 e. The minimum absolute atomic E-state index is 0.207. The van der Waals surface area contributed by atoms with E-state index in [1.165, 1.54) is 12.1 Å². The maximum Gasteiger partial charge on any atom is 0.247 e. The van der Waals surface area contributed by atoms with E-state index in [4.69, 9.17) is 4.74 Å². The van der Waals surface area contributed by atoms with Crippen LogP contribution in [0.1, 0.15) is 0 Å². The molecular weight excluding hydrogens is 323 g/mol. The summed E-state index contributed by atoms with van der Waals surface area (Å²) in [4.78, 5) is 11.3. The summed E-state index contributed by atoms with van der Waals surface area (Å²) in [6.07, 6.45) is 1.71. The van der Waals surface area contributed by atoms with E-state index in [1.807, 2.05) is 12.1 Å². The molecule has 0 radical (unpaired) electrons. The number of hydrogen-bond donors (Lipinski definition) is 0. The van der Waals surface area contributed by atoms with Gasteiger partial charge in [0.1, 0.15) is 5.82 Å². The van der Waals surface area contributed by atoms with Gasteiger partial charge >= 0.3 is 0 Å². The lowest BCUT2D eigenvalue weighted by Gasteiger charge is -2.36. The zero-order valence-corrected chi connectivity index (χ0v) is 14.0. The summed E-state index contributed by atoms with van der Waals surface area (Å²) >= 11 is 0. The van der Waals surface area contributed by atoms with Crippen LogP contribution >= 0.6 is 0 Å². The number of morpholine rings is 1. The first-order valence-electron chi connectivity index (χ1n) is 8.57. The van der Waals surface area contributed by atoms with Crippen molar-refractivity contribution in [2.24, 2.45) is 0 Å². The zero-order chi connectivity index (χ0) is 17.1. The van der Waals surface area contributed by atoms with Gasteiger partial charge in [0.25, 0.3) is 0 Å². The number of ether oxygens (including phenoxy) is 1. The van der Waals surface area contributed by atoms with Gasteiger partial charge in [-0.2, -0.15) is 10.1 Å². The van der Waals surface area contributed by atoms with Gasteiger partial charge in [0.15, 0.2) is 5.82 Å². The van der Waals surface area contributed by atoms with E-state index in [2.05, 4.69) is 29.9 Å². The molecule has 0 spiro atoms. The van der Waals surface area contributed by atoms with Crippen molar-refractivity contribution < 1.29 is 9.13 Å². The fourth-order valence-corrected chi connectivity index (χ4v) is 3.18. The lowest BCUT2D eigenvalue weighted by molar-refractivity contribution is 0.122. The molecule has 0 unspecified atom stereocenters. The Morgan fingerprint density at radius 1 is 0.840 bits per heavy atom. The molecule has 7 nitrogen and oxygen atoms in total. The van der Waals surface area contributed by atoms with Gasteiger partial charge in [-0.3, -0.25) is 0 Å². The Morgan fingerprint density at radius 3 is 2.24 bits per heavy atom. The van der Waals surface area contributed by atoms with Gasteiger partial charge in [-0.05, 0) is 24.3 Å². The molecule has 4 rings (SSSR count). The molecule has 8 heteroatoms. The molecule has 2 fully saturated rings. The van der Waals surface area contributed by atoms with E-state index in [0.29, 0.717) is 5.95 Å². The van der Waals surface area contributed by atoms with E-state index in [-0.39, 0.29) is 5.82 Å². The summed E-state index contributed by atoms with van der Waals surface area (Å²) < 4.78 is 18.5. The highest BCUT2D eigenvalue weighted by molar-refractivity contribution is 5.49. The number of anilines is 3. The van der Waals surface area contributed by atoms with Crippen LogP contribution in [0.2, 0.25) is 0 Å². The first-order chi connectivity index (χ1) is 12.3. The summed E-state index contributed by atoms with van der Waals surface area (Å²) in [5.74, 6) is 1.32. The summed E-state index contributed by atoms with van der Waals surface area (Å²) in [7, 11) is 0. The zero-order valence-electron chi connectivity index (χ0n) is 14.0. The lowest BCUT2D eigenvalue weighted by Crippen LogP contribution is -2.47. The molecule has 2 aromatic rings. The van der Waals surface area contributed by atoms with Gasteiger partial charge in [-0.15, -0.1) is 5.10 Å². The van der Waals surface area contributed by atoms with Crippen molar-refractivity contribution >= 4 is 17.5 Å². The number of nitrogens with zero attached hydrogens (tertiary/aromatic N) is 6. The molecule has 0 N–H and O–H groups in total. The second-order valence-corrected chi connectivity index (χ2v) is 6.16. The third kappa shape index (κ3) is 3.63. The Bertz CT molecular complexity index is 699. The topological polar surface area (TPSA) is 57.6 Å². The molecule has 0 bridgehead atoms. The highest BCUT2D eigenvalue weighted by Gasteiger charge is 2.21. The predicted octanol–water partition coefficient (Wildman–Crippen LogP) is 1.17. The number of rotatable bonds is 3. The SMILES string of the molecule is Fc1ccc(N2CCN(c3nncc(N4CCOCC4)n3)CC2)cc1. The van der Waals surface area contributed by atoms with Crippen LogP contribution in [0.3, 0.4) is 0 Å². The van der Waals surface area contributed by atoms with E-state index >= 15 is 0 Å². The fraction of sp³-hybridized carbons (Fsp3) is 0.471. The largest absolute Gasteiger partial charge is 0.378 e. The Kier molecular flexibility index (Phi) is 4.60. The maximum atomic E-state index is 13.1. The normalized spacial score (nSPS) is 18.5. The van der Waals surface area contributed by atoms with Gasteiger partial charge in [-0.1, -0.05) is 0 Å². The van der Waals surface area contributed by atoms with Crippen molar-refractivity contribution in [3.63, 3.8) is 0 Å². The average Bonchev–Trinajstić information content (AvgIpc) is 2.70. The number of halogens is 1. The second-order valence-electron chi connectivity index (χ2n) is 6.16. The molecule has 25 heavy (non-hydrogen) atoms. The molecule has 2 aliphatic rings. The minimum Gasteiger partial charge on any atom is -0.378 e. The highest BCUT2D eigenvalue weighted by Crippen LogP contribution is 2.20. The molecule has 0 aliphatic carbocycles. The third-order valence-electron chi connectivity index (χ3n) is 4.62. The standard InChI is InChI=1S/C17H21FN6O/c18-14-1-3-15(4-2-14)22-5-7-24(8-6-22)17-20-16(13-19-21-17)23-9-11-25-12-10-23/h1-4,13H,5-12H2. The predicted molar refractivity (Wildman–Crippen MR) is 93.7 cm³/mol. The van der Waals surface area contributed by atoms with Crippen molar-refractivity contribution in [2.75, 3.05) is 67.2 Å². The van der Waals surface area contributed by atoms with Gasteiger partial charge < -0.3 is 19.4 Å². The van der Waals surface area contributed by atoms with Crippen molar-refractivity contribution in [2.45, 2.75) is 0 Å². The van der Waals surface area contributed by atoms with Crippen LogP contribution in [0.15, 0.2) is 30.5 Å². The second kappa shape index (κ2) is 7.18. The van der Waals surface area contributed by atoms with Crippen LogP contribution in [-0.4, -0.2) is 67.7 Å². The first-order valence-corrected chi connectivity index (χ1v) is 8.57. The Hall–Kier alpha value is -2.48. The van der Waals surface area contributed by atoms with Gasteiger partial charge in [0, 0.05) is 45.0 Å². The van der Waals surface area contributed by atoms with Crippen molar-refractivity contribution in [1.29, 1.82) is 0 Å². The molecule has 0 saturated carbocycles. The molecule has 1 aromatic heterocycles. The summed E-state index contributed by atoms with van der Waals surface area (Å²) in [6.45, 7) is 6.41. The fourth-order valence-electron chi connectivity index (χ4n) is 3.18. The number of aromatic nitrogens is 3. The minimum atomic E-state index is -0.207. The van der Waals surface area contributed by atoms with Gasteiger partial charge in [0.2, 0.25) is 5.95 Å². The Balaban J connectivity index is 1.41. The first kappa shape index (κ1) is 16.0. The molecule has 2 aliphatic heterocycles. The van der Waals surface area contributed by atoms with E-state index in [1.54, 1.807) is 6.20 Å². The maximum absolute atomic E-state index is 13.1. The molecule has 0 amide bonds. The molecule has 2 saturated heterocycles. The van der Waals surface area contributed by atoms with Crippen LogP contribution in [0.25, 0.3) is 0 Å². The van der Waals surface area contributed by atoms with E-state index < -0.39 is 0 Å². The van der Waals surface area contributed by atoms with Crippen LogP contribution in [0.4, 0.5) is 21.8 Å².